The summed E-state index contributed by atoms with van der Waals surface area (Å²) in [6.07, 6.45) is 0.821. The number of aryl methyl sites for hydroxylation is 1. The first-order valence-corrected chi connectivity index (χ1v) is 7.36. The summed E-state index contributed by atoms with van der Waals surface area (Å²) in [6, 6.07) is -0.563. The zero-order valence-corrected chi connectivity index (χ0v) is 12.8. The molecule has 2 rings (SSSR count). The maximum absolute atomic E-state index is 12.5. The van der Waals surface area contributed by atoms with E-state index < -0.39 is 24.1 Å². The Morgan fingerprint density at radius 2 is 2.30 bits per heavy atom. The molecule has 0 spiro atoms. The summed E-state index contributed by atoms with van der Waals surface area (Å²) < 4.78 is 8.04. The molecule has 0 radical (unpaired) electrons. The highest BCUT2D eigenvalue weighted by molar-refractivity contribution is 5.04. The van der Waals surface area contributed by atoms with Gasteiger partial charge in [0.25, 0.3) is 5.56 Å². The van der Waals surface area contributed by atoms with Crippen LogP contribution in [0.2, 0.25) is 0 Å². The highest BCUT2D eigenvalue weighted by Gasteiger charge is 2.36. The van der Waals surface area contributed by atoms with Gasteiger partial charge in [-0.3, -0.25) is 13.9 Å². The Bertz CT molecular complexity index is 720. The topological polar surface area (TPSA) is 148 Å². The Morgan fingerprint density at radius 3 is 2.91 bits per heavy atom. The Kier molecular flexibility index (Phi) is 5.56. The third-order valence-electron chi connectivity index (χ3n) is 3.85. The average Bonchev–Trinajstić information content (AvgIpc) is 2.94. The van der Waals surface area contributed by atoms with Crippen molar-refractivity contribution in [1.82, 2.24) is 9.13 Å². The minimum absolute atomic E-state index is 0.228. The van der Waals surface area contributed by atoms with Gasteiger partial charge in [-0.05, 0) is 25.4 Å². The standard InChI is InChI=1S/C13H20N6O4/c1-8-6-19(13(22)18(12(8)21)4-2-3-14)11-5-9(16-17-15)10(7-20)23-11/h6,9-11,20H,2-5,7,14H2,1H3/t9-,10+,11+/m0/s1. The van der Waals surface area contributed by atoms with E-state index in [4.69, 9.17) is 16.0 Å². The predicted molar refractivity (Wildman–Crippen MR) is 81.9 cm³/mol. The maximum Gasteiger partial charge on any atom is 0.333 e. The fourth-order valence-corrected chi connectivity index (χ4v) is 2.65. The van der Waals surface area contributed by atoms with Crippen molar-refractivity contribution in [2.24, 2.45) is 10.8 Å². The van der Waals surface area contributed by atoms with Crippen LogP contribution in [-0.4, -0.2) is 39.5 Å². The molecule has 1 aliphatic rings. The zero-order valence-electron chi connectivity index (χ0n) is 12.8. The number of aliphatic hydroxyl groups is 1. The molecule has 0 amide bonds. The molecule has 1 aliphatic heterocycles. The highest BCUT2D eigenvalue weighted by atomic mass is 16.5. The molecule has 1 aromatic rings. The molecule has 0 bridgehead atoms. The summed E-state index contributed by atoms with van der Waals surface area (Å²) in [5, 5.41) is 12.9. The van der Waals surface area contributed by atoms with Gasteiger partial charge in [0.1, 0.15) is 6.23 Å². The molecule has 1 saturated heterocycles. The Morgan fingerprint density at radius 1 is 1.57 bits per heavy atom. The second-order valence-electron chi connectivity index (χ2n) is 5.42. The molecule has 23 heavy (non-hydrogen) atoms. The van der Waals surface area contributed by atoms with Crippen LogP contribution in [0.25, 0.3) is 10.4 Å². The highest BCUT2D eigenvalue weighted by Crippen LogP contribution is 2.29. The maximum atomic E-state index is 12.5. The normalized spacial score (nSPS) is 23.7. The first kappa shape index (κ1) is 17.2. The molecule has 0 aliphatic carbocycles. The Balaban J connectivity index is 2.40. The Hall–Kier alpha value is -2.13. The van der Waals surface area contributed by atoms with Crippen molar-refractivity contribution in [2.45, 2.75) is 44.7 Å². The van der Waals surface area contributed by atoms with Gasteiger partial charge in [-0.15, -0.1) is 0 Å². The van der Waals surface area contributed by atoms with Crippen molar-refractivity contribution >= 4 is 0 Å². The summed E-state index contributed by atoms with van der Waals surface area (Å²) in [7, 11) is 0. The largest absolute Gasteiger partial charge is 0.394 e. The van der Waals surface area contributed by atoms with Gasteiger partial charge >= 0.3 is 5.69 Å². The fraction of sp³-hybridized carbons (Fsp3) is 0.692. The van der Waals surface area contributed by atoms with E-state index in [1.165, 1.54) is 10.8 Å². The molecular weight excluding hydrogens is 304 g/mol. The van der Waals surface area contributed by atoms with E-state index in [-0.39, 0.29) is 25.1 Å². The molecule has 0 saturated carbocycles. The number of azide groups is 1. The first-order chi connectivity index (χ1) is 11.0. The number of aromatic nitrogens is 2. The molecule has 1 fully saturated rings. The van der Waals surface area contributed by atoms with Crippen LogP contribution in [0.1, 0.15) is 24.6 Å². The second kappa shape index (κ2) is 7.42. The van der Waals surface area contributed by atoms with Crippen LogP contribution in [0.3, 0.4) is 0 Å². The molecule has 10 nitrogen and oxygen atoms in total. The summed E-state index contributed by atoms with van der Waals surface area (Å²) in [5.41, 5.74) is 13.5. The lowest BCUT2D eigenvalue weighted by atomic mass is 10.1. The predicted octanol–water partition coefficient (Wildman–Crippen LogP) is -0.374. The quantitative estimate of drug-likeness (QED) is 0.416. The van der Waals surface area contributed by atoms with Crippen LogP contribution in [0.5, 0.6) is 0 Å². The van der Waals surface area contributed by atoms with E-state index in [2.05, 4.69) is 10.0 Å². The number of ether oxygens (including phenoxy) is 1. The summed E-state index contributed by atoms with van der Waals surface area (Å²) in [6.45, 7) is 1.89. The zero-order chi connectivity index (χ0) is 17.0. The molecule has 2 heterocycles. The van der Waals surface area contributed by atoms with E-state index in [9.17, 15) is 14.7 Å². The second-order valence-corrected chi connectivity index (χ2v) is 5.42. The summed E-state index contributed by atoms with van der Waals surface area (Å²) in [4.78, 5) is 27.4. The number of nitrogens with two attached hydrogens (primary N) is 1. The number of rotatable bonds is 6. The third kappa shape index (κ3) is 3.45. The smallest absolute Gasteiger partial charge is 0.333 e. The average molecular weight is 324 g/mol. The summed E-state index contributed by atoms with van der Waals surface area (Å²) >= 11 is 0. The van der Waals surface area contributed by atoms with Gasteiger partial charge in [-0.25, -0.2) is 4.79 Å². The SMILES string of the molecule is Cc1cn([C@H]2C[C@H](N=[N+]=[N-])[C@@H](CO)O2)c(=O)n(CCCN)c1=O. The van der Waals surface area contributed by atoms with Gasteiger partial charge in [0, 0.05) is 29.6 Å². The van der Waals surface area contributed by atoms with Gasteiger partial charge < -0.3 is 15.6 Å². The van der Waals surface area contributed by atoms with E-state index in [0.717, 1.165) is 4.57 Å². The van der Waals surface area contributed by atoms with Crippen molar-refractivity contribution in [3.05, 3.63) is 43.0 Å². The van der Waals surface area contributed by atoms with E-state index >= 15 is 0 Å². The molecule has 10 heteroatoms. The van der Waals surface area contributed by atoms with Crippen LogP contribution in [0.4, 0.5) is 0 Å². The minimum atomic E-state index is -0.696. The van der Waals surface area contributed by atoms with Gasteiger partial charge in [-0.1, -0.05) is 5.11 Å². The monoisotopic (exact) mass is 324 g/mol. The molecular formula is C13H20N6O4. The van der Waals surface area contributed by atoms with E-state index in [0.29, 0.717) is 18.5 Å². The lowest BCUT2D eigenvalue weighted by molar-refractivity contribution is -0.0277. The molecule has 3 N–H and O–H groups in total. The van der Waals surface area contributed by atoms with Crippen molar-refractivity contribution in [2.75, 3.05) is 13.2 Å². The van der Waals surface area contributed by atoms with Crippen LogP contribution in [0.15, 0.2) is 20.9 Å². The van der Waals surface area contributed by atoms with Crippen LogP contribution in [0, 0.1) is 6.92 Å². The number of nitrogens with zero attached hydrogens (tertiary/aromatic N) is 5. The number of hydrogen-bond donors (Lipinski definition) is 2. The first-order valence-electron chi connectivity index (χ1n) is 7.36. The molecule has 3 atom stereocenters. The van der Waals surface area contributed by atoms with Crippen molar-refractivity contribution in [3.63, 3.8) is 0 Å². The molecule has 1 aromatic heterocycles. The molecule has 126 valence electrons. The lowest BCUT2D eigenvalue weighted by Gasteiger charge is -2.17. The number of hydrogen-bond acceptors (Lipinski definition) is 6. The van der Waals surface area contributed by atoms with Gasteiger partial charge in [-0.2, -0.15) is 0 Å². The van der Waals surface area contributed by atoms with Crippen molar-refractivity contribution in [1.29, 1.82) is 0 Å². The van der Waals surface area contributed by atoms with Gasteiger partial charge in [0.2, 0.25) is 0 Å². The van der Waals surface area contributed by atoms with Crippen molar-refractivity contribution in [3.8, 4) is 0 Å². The fourth-order valence-electron chi connectivity index (χ4n) is 2.65. The van der Waals surface area contributed by atoms with Gasteiger partial charge in [0.05, 0.1) is 18.8 Å². The third-order valence-corrected chi connectivity index (χ3v) is 3.85. The Labute approximate surface area is 131 Å². The summed E-state index contributed by atoms with van der Waals surface area (Å²) in [5.74, 6) is 0. The van der Waals surface area contributed by atoms with Crippen molar-refractivity contribution < 1.29 is 9.84 Å². The molecule has 0 unspecified atom stereocenters. The molecule has 0 aromatic carbocycles. The van der Waals surface area contributed by atoms with Crippen LogP contribution < -0.4 is 17.0 Å². The van der Waals surface area contributed by atoms with Gasteiger partial charge in [0.15, 0.2) is 0 Å². The lowest BCUT2D eigenvalue weighted by Crippen LogP contribution is -2.42. The van der Waals surface area contributed by atoms with Crippen LogP contribution in [-0.2, 0) is 11.3 Å². The van der Waals surface area contributed by atoms with E-state index in [1.807, 2.05) is 0 Å². The minimum Gasteiger partial charge on any atom is -0.394 e. The number of aliphatic hydroxyl groups excluding tert-OH is 1. The van der Waals surface area contributed by atoms with E-state index in [1.54, 1.807) is 6.92 Å². The van der Waals surface area contributed by atoms with Crippen LogP contribution >= 0.6 is 0 Å².